The Labute approximate surface area is 131 Å². The molecular weight excluding hydrogens is 344 g/mol. The average molecular weight is 358 g/mol. The SMILES string of the molecule is CC(O)c1ccc(Br)cc1SCc1ccccc1Cl. The number of benzene rings is 2. The van der Waals surface area contributed by atoms with Crippen molar-refractivity contribution < 1.29 is 5.11 Å². The van der Waals surface area contributed by atoms with Gasteiger partial charge in [0, 0.05) is 20.1 Å². The van der Waals surface area contributed by atoms with Crippen LogP contribution in [-0.4, -0.2) is 5.11 Å². The van der Waals surface area contributed by atoms with Crippen LogP contribution in [0.1, 0.15) is 24.2 Å². The second-order valence-corrected chi connectivity index (χ2v) is 6.58. The van der Waals surface area contributed by atoms with Crippen LogP contribution >= 0.6 is 39.3 Å². The quantitative estimate of drug-likeness (QED) is 0.734. The Kier molecular flexibility index (Phi) is 5.34. The number of aliphatic hydroxyl groups excluding tert-OH is 1. The molecule has 0 aromatic heterocycles. The zero-order valence-electron chi connectivity index (χ0n) is 10.4. The summed E-state index contributed by atoms with van der Waals surface area (Å²) in [6.45, 7) is 1.78. The van der Waals surface area contributed by atoms with E-state index in [1.807, 2.05) is 42.5 Å². The molecule has 19 heavy (non-hydrogen) atoms. The molecule has 1 nitrogen and oxygen atoms in total. The Hall–Kier alpha value is -0.480. The summed E-state index contributed by atoms with van der Waals surface area (Å²) in [6, 6.07) is 13.8. The lowest BCUT2D eigenvalue weighted by molar-refractivity contribution is 0.196. The van der Waals surface area contributed by atoms with Gasteiger partial charge in [0.2, 0.25) is 0 Å². The lowest BCUT2D eigenvalue weighted by Crippen LogP contribution is -1.94. The second-order valence-electron chi connectivity index (χ2n) is 4.24. The van der Waals surface area contributed by atoms with E-state index in [-0.39, 0.29) is 0 Å². The first-order valence-corrected chi connectivity index (χ1v) is 8.07. The van der Waals surface area contributed by atoms with E-state index in [0.29, 0.717) is 0 Å². The summed E-state index contributed by atoms with van der Waals surface area (Å²) < 4.78 is 1.01. The average Bonchev–Trinajstić information content (AvgIpc) is 2.37. The molecule has 2 aromatic carbocycles. The summed E-state index contributed by atoms with van der Waals surface area (Å²) in [7, 11) is 0. The maximum absolute atomic E-state index is 9.79. The number of hydrogen-bond donors (Lipinski definition) is 1. The van der Waals surface area contributed by atoms with Crippen molar-refractivity contribution in [2.45, 2.75) is 23.7 Å². The highest BCUT2D eigenvalue weighted by Gasteiger charge is 2.10. The number of rotatable bonds is 4. The third kappa shape index (κ3) is 3.99. The minimum absolute atomic E-state index is 0.471. The number of thioether (sulfide) groups is 1. The number of hydrogen-bond acceptors (Lipinski definition) is 2. The van der Waals surface area contributed by atoms with Crippen molar-refractivity contribution >= 4 is 39.3 Å². The minimum Gasteiger partial charge on any atom is -0.389 e. The summed E-state index contributed by atoms with van der Waals surface area (Å²) in [6.07, 6.45) is -0.471. The van der Waals surface area contributed by atoms with Crippen LogP contribution in [0.5, 0.6) is 0 Å². The molecule has 0 aliphatic heterocycles. The molecule has 1 N–H and O–H groups in total. The van der Waals surface area contributed by atoms with Crippen molar-refractivity contribution in [2.24, 2.45) is 0 Å². The summed E-state index contributed by atoms with van der Waals surface area (Å²) in [4.78, 5) is 1.07. The van der Waals surface area contributed by atoms with Gasteiger partial charge in [-0.15, -0.1) is 11.8 Å². The van der Waals surface area contributed by atoms with Crippen molar-refractivity contribution in [3.8, 4) is 0 Å². The predicted octanol–water partition coefficient (Wildman–Crippen LogP) is 5.45. The van der Waals surface area contributed by atoms with Crippen LogP contribution in [0.25, 0.3) is 0 Å². The highest BCUT2D eigenvalue weighted by atomic mass is 79.9. The third-order valence-electron chi connectivity index (χ3n) is 2.77. The second kappa shape index (κ2) is 6.80. The largest absolute Gasteiger partial charge is 0.389 e. The number of aliphatic hydroxyl groups is 1. The molecule has 2 rings (SSSR count). The fraction of sp³-hybridized carbons (Fsp3) is 0.200. The molecule has 1 atom stereocenters. The van der Waals surface area contributed by atoms with E-state index in [9.17, 15) is 5.11 Å². The molecule has 1 unspecified atom stereocenters. The first-order chi connectivity index (χ1) is 9.08. The highest BCUT2D eigenvalue weighted by molar-refractivity contribution is 9.10. The first-order valence-electron chi connectivity index (χ1n) is 5.91. The van der Waals surface area contributed by atoms with Gasteiger partial charge in [0.25, 0.3) is 0 Å². The Balaban J connectivity index is 2.19. The van der Waals surface area contributed by atoms with E-state index in [1.165, 1.54) is 0 Å². The van der Waals surface area contributed by atoms with E-state index < -0.39 is 6.10 Å². The van der Waals surface area contributed by atoms with Crippen molar-refractivity contribution in [1.29, 1.82) is 0 Å². The van der Waals surface area contributed by atoms with Crippen LogP contribution < -0.4 is 0 Å². The van der Waals surface area contributed by atoms with Crippen LogP contribution in [0.2, 0.25) is 5.02 Å². The molecule has 0 amide bonds. The van der Waals surface area contributed by atoms with Gasteiger partial charge in [-0.05, 0) is 36.2 Å². The van der Waals surface area contributed by atoms with Crippen molar-refractivity contribution in [1.82, 2.24) is 0 Å². The molecule has 0 heterocycles. The van der Waals surface area contributed by atoms with Gasteiger partial charge in [0.05, 0.1) is 6.10 Å². The fourth-order valence-corrected chi connectivity index (χ4v) is 3.72. The fourth-order valence-electron chi connectivity index (χ4n) is 1.75. The van der Waals surface area contributed by atoms with E-state index >= 15 is 0 Å². The molecule has 2 aromatic rings. The van der Waals surface area contributed by atoms with Gasteiger partial charge in [-0.1, -0.05) is 51.8 Å². The molecule has 100 valence electrons. The van der Waals surface area contributed by atoms with E-state index in [1.54, 1.807) is 18.7 Å². The van der Waals surface area contributed by atoms with Crippen LogP contribution in [0, 0.1) is 0 Å². The van der Waals surface area contributed by atoms with Crippen LogP contribution in [0.3, 0.4) is 0 Å². The van der Waals surface area contributed by atoms with Crippen molar-refractivity contribution in [2.75, 3.05) is 0 Å². The molecular formula is C15H14BrClOS. The third-order valence-corrected chi connectivity index (χ3v) is 4.75. The van der Waals surface area contributed by atoms with Gasteiger partial charge in [-0.25, -0.2) is 0 Å². The standard InChI is InChI=1S/C15H14BrClOS/c1-10(18)13-7-6-12(16)8-15(13)19-9-11-4-2-3-5-14(11)17/h2-8,10,18H,9H2,1H3. The molecule has 0 saturated carbocycles. The van der Waals surface area contributed by atoms with E-state index in [2.05, 4.69) is 15.9 Å². The molecule has 0 aliphatic carbocycles. The topological polar surface area (TPSA) is 20.2 Å². The lowest BCUT2D eigenvalue weighted by atomic mass is 10.1. The van der Waals surface area contributed by atoms with Crippen LogP contribution in [0.4, 0.5) is 0 Å². The summed E-state index contributed by atoms with van der Waals surface area (Å²) >= 11 is 11.3. The lowest BCUT2D eigenvalue weighted by Gasteiger charge is -2.12. The van der Waals surface area contributed by atoms with Crippen molar-refractivity contribution in [3.05, 3.63) is 63.1 Å². The molecule has 0 fully saturated rings. The Morgan fingerprint density at radius 2 is 2.00 bits per heavy atom. The van der Waals surface area contributed by atoms with Gasteiger partial charge in [0.1, 0.15) is 0 Å². The van der Waals surface area contributed by atoms with Gasteiger partial charge in [-0.3, -0.25) is 0 Å². The maximum Gasteiger partial charge on any atom is 0.0772 e. The van der Waals surface area contributed by atoms with Gasteiger partial charge >= 0.3 is 0 Å². The molecule has 0 bridgehead atoms. The summed E-state index contributed by atoms with van der Waals surface area (Å²) in [5.74, 6) is 0.788. The highest BCUT2D eigenvalue weighted by Crippen LogP contribution is 2.33. The molecule has 4 heteroatoms. The van der Waals surface area contributed by atoms with Gasteiger partial charge in [0.15, 0.2) is 0 Å². The van der Waals surface area contributed by atoms with Gasteiger partial charge in [-0.2, -0.15) is 0 Å². The predicted molar refractivity (Wildman–Crippen MR) is 85.8 cm³/mol. The number of halogens is 2. The maximum atomic E-state index is 9.79. The molecule has 0 saturated heterocycles. The van der Waals surface area contributed by atoms with Gasteiger partial charge < -0.3 is 5.11 Å². The van der Waals surface area contributed by atoms with E-state index in [0.717, 1.165) is 31.3 Å². The smallest absolute Gasteiger partial charge is 0.0772 e. The monoisotopic (exact) mass is 356 g/mol. The molecule has 0 radical (unpaired) electrons. The van der Waals surface area contributed by atoms with Crippen LogP contribution in [-0.2, 0) is 5.75 Å². The first kappa shape index (κ1) is 14.9. The summed E-state index contributed by atoms with van der Waals surface area (Å²) in [5, 5.41) is 10.6. The molecule has 0 spiro atoms. The molecule has 0 aliphatic rings. The zero-order valence-corrected chi connectivity index (χ0v) is 13.6. The Morgan fingerprint density at radius 1 is 1.26 bits per heavy atom. The summed E-state index contributed by atoms with van der Waals surface area (Å²) in [5.41, 5.74) is 2.05. The van der Waals surface area contributed by atoms with Crippen LogP contribution in [0.15, 0.2) is 51.8 Å². The van der Waals surface area contributed by atoms with Crippen molar-refractivity contribution in [3.63, 3.8) is 0 Å². The Bertz CT molecular complexity index is 572. The normalized spacial score (nSPS) is 12.4. The van der Waals surface area contributed by atoms with E-state index in [4.69, 9.17) is 11.6 Å². The minimum atomic E-state index is -0.471. The Morgan fingerprint density at radius 3 is 2.68 bits per heavy atom. The zero-order chi connectivity index (χ0) is 13.8.